The average Bonchev–Trinajstić information content (AvgIpc) is 2.45. The summed E-state index contributed by atoms with van der Waals surface area (Å²) in [5.74, 6) is 1.56. The highest BCUT2D eigenvalue weighted by Gasteiger charge is 2.05. The van der Waals surface area contributed by atoms with Crippen molar-refractivity contribution in [3.8, 4) is 11.5 Å². The molecule has 0 aliphatic heterocycles. The van der Waals surface area contributed by atoms with Crippen molar-refractivity contribution in [2.75, 3.05) is 19.5 Å². The van der Waals surface area contributed by atoms with Gasteiger partial charge in [-0.05, 0) is 24.3 Å². The highest BCUT2D eigenvalue weighted by molar-refractivity contribution is 6.29. The van der Waals surface area contributed by atoms with E-state index in [-0.39, 0.29) is 0 Å². The topological polar surface area (TPSA) is 43.4 Å². The maximum absolute atomic E-state index is 5.83. The highest BCUT2D eigenvalue weighted by atomic mass is 35.5. The summed E-state index contributed by atoms with van der Waals surface area (Å²) in [5.41, 5.74) is 1.95. The Labute approximate surface area is 117 Å². The molecular weight excluding hydrogens is 264 g/mol. The van der Waals surface area contributed by atoms with Crippen molar-refractivity contribution in [3.05, 3.63) is 47.2 Å². The molecule has 0 spiro atoms. The van der Waals surface area contributed by atoms with Crippen LogP contribution in [0.3, 0.4) is 0 Å². The normalized spacial score (nSPS) is 10.1. The van der Waals surface area contributed by atoms with E-state index in [2.05, 4.69) is 10.3 Å². The van der Waals surface area contributed by atoms with Gasteiger partial charge in [0.15, 0.2) is 0 Å². The molecule has 1 aromatic carbocycles. The number of methoxy groups -OCH3 is 2. The molecule has 0 amide bonds. The minimum Gasteiger partial charge on any atom is -0.497 e. The second-order valence-electron chi connectivity index (χ2n) is 3.90. The van der Waals surface area contributed by atoms with Gasteiger partial charge >= 0.3 is 0 Å². The van der Waals surface area contributed by atoms with Crippen molar-refractivity contribution < 1.29 is 9.47 Å². The van der Waals surface area contributed by atoms with Crippen LogP contribution in [0.2, 0.25) is 5.15 Å². The molecule has 0 saturated heterocycles. The Balaban J connectivity index is 2.11. The van der Waals surface area contributed by atoms with E-state index in [0.29, 0.717) is 11.7 Å². The second-order valence-corrected chi connectivity index (χ2v) is 4.29. The molecule has 0 fully saturated rings. The number of nitrogens with zero attached hydrogens (tertiary/aromatic N) is 1. The van der Waals surface area contributed by atoms with Crippen molar-refractivity contribution in [2.24, 2.45) is 0 Å². The standard InChI is InChI=1S/C14H15ClN2O2/c1-18-12-4-3-10(13(8-12)19-2)9-17-11-5-6-16-14(15)7-11/h3-8H,9H2,1-2H3,(H,16,17). The Kier molecular flexibility index (Phi) is 4.47. The Hall–Kier alpha value is -1.94. The van der Waals surface area contributed by atoms with Gasteiger partial charge in [0.05, 0.1) is 14.2 Å². The van der Waals surface area contributed by atoms with Gasteiger partial charge in [0.1, 0.15) is 16.7 Å². The number of aromatic nitrogens is 1. The van der Waals surface area contributed by atoms with Crippen LogP contribution in [-0.4, -0.2) is 19.2 Å². The number of anilines is 1. The molecule has 100 valence electrons. The molecule has 1 N–H and O–H groups in total. The van der Waals surface area contributed by atoms with Gasteiger partial charge in [-0.2, -0.15) is 0 Å². The van der Waals surface area contributed by atoms with Crippen LogP contribution in [-0.2, 0) is 6.54 Å². The summed E-state index contributed by atoms with van der Waals surface area (Å²) >= 11 is 5.83. The number of benzene rings is 1. The van der Waals surface area contributed by atoms with E-state index in [1.165, 1.54) is 0 Å². The number of hydrogen-bond donors (Lipinski definition) is 1. The molecule has 0 atom stereocenters. The van der Waals surface area contributed by atoms with Crippen LogP contribution in [0, 0.1) is 0 Å². The third-order valence-corrected chi connectivity index (χ3v) is 2.91. The SMILES string of the molecule is COc1ccc(CNc2ccnc(Cl)c2)c(OC)c1. The fourth-order valence-corrected chi connectivity index (χ4v) is 1.88. The summed E-state index contributed by atoms with van der Waals surface area (Å²) in [4.78, 5) is 3.94. The van der Waals surface area contributed by atoms with Gasteiger partial charge in [-0.1, -0.05) is 11.6 Å². The maximum Gasteiger partial charge on any atom is 0.131 e. The van der Waals surface area contributed by atoms with E-state index in [0.717, 1.165) is 22.7 Å². The van der Waals surface area contributed by atoms with E-state index >= 15 is 0 Å². The van der Waals surface area contributed by atoms with Crippen LogP contribution < -0.4 is 14.8 Å². The molecule has 1 aromatic heterocycles. The monoisotopic (exact) mass is 278 g/mol. The molecule has 5 heteroatoms. The van der Waals surface area contributed by atoms with E-state index in [1.807, 2.05) is 24.3 Å². The quantitative estimate of drug-likeness (QED) is 0.852. The molecule has 0 saturated carbocycles. The summed E-state index contributed by atoms with van der Waals surface area (Å²) in [5, 5.41) is 3.73. The van der Waals surface area contributed by atoms with Crippen molar-refractivity contribution >= 4 is 17.3 Å². The van der Waals surface area contributed by atoms with Crippen LogP contribution in [0.5, 0.6) is 11.5 Å². The maximum atomic E-state index is 5.83. The number of halogens is 1. The van der Waals surface area contributed by atoms with Gasteiger partial charge in [0, 0.05) is 30.1 Å². The Morgan fingerprint density at radius 1 is 1.16 bits per heavy atom. The van der Waals surface area contributed by atoms with E-state index < -0.39 is 0 Å². The van der Waals surface area contributed by atoms with Crippen LogP contribution in [0.25, 0.3) is 0 Å². The van der Waals surface area contributed by atoms with Crippen molar-refractivity contribution in [1.29, 1.82) is 0 Å². The third-order valence-electron chi connectivity index (χ3n) is 2.70. The summed E-state index contributed by atoms with van der Waals surface area (Å²) in [7, 11) is 3.27. The molecule has 0 aliphatic rings. The average molecular weight is 279 g/mol. The van der Waals surface area contributed by atoms with Crippen molar-refractivity contribution in [3.63, 3.8) is 0 Å². The second kappa shape index (κ2) is 6.29. The molecule has 2 rings (SSSR count). The minimum absolute atomic E-state index is 0.465. The van der Waals surface area contributed by atoms with Crippen molar-refractivity contribution in [2.45, 2.75) is 6.54 Å². The van der Waals surface area contributed by atoms with Crippen LogP contribution in [0.1, 0.15) is 5.56 Å². The Morgan fingerprint density at radius 2 is 2.00 bits per heavy atom. The van der Waals surface area contributed by atoms with Crippen LogP contribution >= 0.6 is 11.6 Å². The van der Waals surface area contributed by atoms with Crippen molar-refractivity contribution in [1.82, 2.24) is 4.98 Å². The zero-order valence-corrected chi connectivity index (χ0v) is 11.6. The lowest BCUT2D eigenvalue weighted by Crippen LogP contribution is -2.02. The molecule has 0 radical (unpaired) electrons. The summed E-state index contributed by atoms with van der Waals surface area (Å²) < 4.78 is 10.5. The lowest BCUT2D eigenvalue weighted by Gasteiger charge is -2.12. The van der Waals surface area contributed by atoms with Gasteiger partial charge in [-0.25, -0.2) is 4.98 Å². The fraction of sp³-hybridized carbons (Fsp3) is 0.214. The first kappa shape index (κ1) is 13.5. The summed E-state index contributed by atoms with van der Waals surface area (Å²) in [6, 6.07) is 9.36. The first-order valence-corrected chi connectivity index (χ1v) is 6.17. The molecule has 19 heavy (non-hydrogen) atoms. The van der Waals surface area contributed by atoms with E-state index in [4.69, 9.17) is 21.1 Å². The summed E-state index contributed by atoms with van der Waals surface area (Å²) in [6.07, 6.45) is 1.66. The predicted octanol–water partition coefficient (Wildman–Crippen LogP) is 3.36. The molecule has 4 nitrogen and oxygen atoms in total. The van der Waals surface area contributed by atoms with Gasteiger partial charge in [-0.15, -0.1) is 0 Å². The third kappa shape index (κ3) is 3.51. The number of pyridine rings is 1. The Morgan fingerprint density at radius 3 is 2.68 bits per heavy atom. The molecule has 0 unspecified atom stereocenters. The number of ether oxygens (including phenoxy) is 2. The molecular formula is C14H15ClN2O2. The first-order valence-electron chi connectivity index (χ1n) is 5.79. The van der Waals surface area contributed by atoms with Crippen LogP contribution in [0.4, 0.5) is 5.69 Å². The molecule has 1 heterocycles. The summed E-state index contributed by atoms with van der Waals surface area (Å²) in [6.45, 7) is 0.632. The number of hydrogen-bond acceptors (Lipinski definition) is 4. The number of rotatable bonds is 5. The smallest absolute Gasteiger partial charge is 0.131 e. The zero-order valence-electron chi connectivity index (χ0n) is 10.8. The fourth-order valence-electron chi connectivity index (χ4n) is 1.71. The molecule has 2 aromatic rings. The largest absolute Gasteiger partial charge is 0.497 e. The van der Waals surface area contributed by atoms with Crippen LogP contribution in [0.15, 0.2) is 36.5 Å². The lowest BCUT2D eigenvalue weighted by atomic mass is 10.2. The predicted molar refractivity (Wildman–Crippen MR) is 76.1 cm³/mol. The van der Waals surface area contributed by atoms with E-state index in [1.54, 1.807) is 26.5 Å². The molecule has 0 bridgehead atoms. The first-order chi connectivity index (χ1) is 9.22. The minimum atomic E-state index is 0.465. The molecule has 0 aliphatic carbocycles. The van der Waals surface area contributed by atoms with Gasteiger partial charge in [0.2, 0.25) is 0 Å². The number of nitrogens with one attached hydrogen (secondary N) is 1. The zero-order chi connectivity index (χ0) is 13.7. The highest BCUT2D eigenvalue weighted by Crippen LogP contribution is 2.25. The van der Waals surface area contributed by atoms with Gasteiger partial charge in [0.25, 0.3) is 0 Å². The van der Waals surface area contributed by atoms with Gasteiger partial charge < -0.3 is 14.8 Å². The van der Waals surface area contributed by atoms with E-state index in [9.17, 15) is 0 Å². The Bertz CT molecular complexity index is 561. The van der Waals surface area contributed by atoms with Gasteiger partial charge in [-0.3, -0.25) is 0 Å². The lowest BCUT2D eigenvalue weighted by molar-refractivity contribution is 0.391.